The molecule has 2 nitrogen and oxygen atoms in total. The Hall–Kier alpha value is 0.880. The van der Waals surface area contributed by atoms with Crippen molar-refractivity contribution >= 4 is 34.0 Å². The molecule has 0 fully saturated rings. The Balaban J connectivity index is -0.00000288. The van der Waals surface area contributed by atoms with Gasteiger partial charge in [0.05, 0.1) is 0 Å². The van der Waals surface area contributed by atoms with Gasteiger partial charge in [-0.25, -0.2) is 0 Å². The zero-order chi connectivity index (χ0) is 18.3. The van der Waals surface area contributed by atoms with Gasteiger partial charge in [-0.2, -0.15) is 0 Å². The molecule has 0 aromatic carbocycles. The van der Waals surface area contributed by atoms with Crippen LogP contribution in [0.1, 0.15) is 123 Å². The average molecular weight is 516 g/mol. The van der Waals surface area contributed by atoms with Crippen LogP contribution in [0.25, 0.3) is 0 Å². The molecule has 0 unspecified atom stereocenters. The number of rotatable bonds is 22. The third kappa shape index (κ3) is 31.8. The number of hydrogen-bond donors (Lipinski definition) is 2. The van der Waals surface area contributed by atoms with Crippen molar-refractivity contribution in [1.29, 1.82) is 0 Å². The van der Waals surface area contributed by atoms with E-state index in [9.17, 15) is 0 Å². The normalized spacial score (nSPS) is 10.4. The molecule has 0 spiro atoms. The molecule has 2 N–H and O–H groups in total. The molecule has 0 saturated carbocycles. The third-order valence-corrected chi connectivity index (χ3v) is 5.12. The average Bonchev–Trinajstić information content (AvgIpc) is 2.63. The van der Waals surface area contributed by atoms with Gasteiger partial charge in [-0.3, -0.25) is 0 Å². The second kappa shape index (κ2) is 31.6. The van der Waals surface area contributed by atoms with Gasteiger partial charge in [0, 0.05) is 0 Å². The van der Waals surface area contributed by atoms with Crippen molar-refractivity contribution in [3.05, 3.63) is 0 Å². The smallest absolute Gasteiger partial charge is 0.00489 e. The first-order valence-electron chi connectivity index (χ1n) is 11.8. The van der Waals surface area contributed by atoms with E-state index in [4.69, 9.17) is 0 Å². The lowest BCUT2D eigenvalue weighted by Gasteiger charge is -2.06. The van der Waals surface area contributed by atoms with Gasteiger partial charge >= 0.3 is 0 Å². The highest BCUT2D eigenvalue weighted by Gasteiger charge is 1.94. The first-order valence-corrected chi connectivity index (χ1v) is 11.8. The van der Waals surface area contributed by atoms with Crippen LogP contribution in [-0.4, -0.2) is 26.2 Å². The van der Waals surface area contributed by atoms with Gasteiger partial charge in [-0.1, -0.05) is 97.3 Å². The molecular weight excluding hydrogens is 464 g/mol. The second-order valence-corrected chi connectivity index (χ2v) is 7.80. The van der Waals surface area contributed by atoms with Gasteiger partial charge in [0.25, 0.3) is 0 Å². The Morgan fingerprint density at radius 2 is 0.556 bits per heavy atom. The molecule has 168 valence electrons. The summed E-state index contributed by atoms with van der Waals surface area (Å²) in [6.07, 6.45) is 23.8. The highest BCUT2D eigenvalue weighted by Crippen LogP contribution is 2.07. The molecule has 0 radical (unpaired) electrons. The summed E-state index contributed by atoms with van der Waals surface area (Å²) < 4.78 is 0. The molecule has 0 aliphatic carbocycles. The van der Waals surface area contributed by atoms with Crippen LogP contribution in [-0.2, 0) is 0 Å². The van der Waals surface area contributed by atoms with E-state index in [-0.39, 0.29) is 34.0 Å². The van der Waals surface area contributed by atoms with Gasteiger partial charge < -0.3 is 10.6 Å². The van der Waals surface area contributed by atoms with E-state index in [2.05, 4.69) is 24.5 Å². The lowest BCUT2D eigenvalue weighted by atomic mass is 10.1. The Labute approximate surface area is 193 Å². The quantitative estimate of drug-likeness (QED) is 0.143. The Kier molecular flexibility index (Phi) is 38.1. The Morgan fingerprint density at radius 3 is 0.815 bits per heavy atom. The summed E-state index contributed by atoms with van der Waals surface area (Å²) in [5.74, 6) is 0. The van der Waals surface area contributed by atoms with Gasteiger partial charge in [0.15, 0.2) is 0 Å². The van der Waals surface area contributed by atoms with Crippen molar-refractivity contribution in [3.8, 4) is 0 Å². The predicted octanol–water partition coefficient (Wildman–Crippen LogP) is 7.99. The van der Waals surface area contributed by atoms with Crippen molar-refractivity contribution in [2.24, 2.45) is 0 Å². The number of hydrogen-bond acceptors (Lipinski definition) is 2. The molecule has 0 bridgehead atoms. The topological polar surface area (TPSA) is 24.1 Å². The maximum atomic E-state index is 3.60. The van der Waals surface area contributed by atoms with Gasteiger partial charge in [-0.15, -0.1) is 34.0 Å². The minimum Gasteiger partial charge on any atom is -0.317 e. The Bertz CT molecular complexity index is 206. The van der Waals surface area contributed by atoms with Crippen LogP contribution in [0.4, 0.5) is 0 Å². The first kappa shape index (κ1) is 32.5. The van der Waals surface area contributed by atoms with Crippen molar-refractivity contribution < 1.29 is 0 Å². The predicted molar refractivity (Wildman–Crippen MR) is 136 cm³/mol. The monoisotopic (exact) mass is 514 g/mol. The van der Waals surface area contributed by atoms with E-state index in [0.29, 0.717) is 0 Å². The van der Waals surface area contributed by atoms with E-state index in [1.165, 1.54) is 135 Å². The molecule has 0 heterocycles. The van der Waals surface area contributed by atoms with Gasteiger partial charge in [-0.05, 0) is 51.9 Å². The fourth-order valence-corrected chi connectivity index (χ4v) is 3.34. The first-order chi connectivity index (χ1) is 12.4. The Morgan fingerprint density at radius 1 is 0.333 bits per heavy atom. The van der Waals surface area contributed by atoms with Crippen molar-refractivity contribution in [3.63, 3.8) is 0 Å². The zero-order valence-electron chi connectivity index (χ0n) is 18.7. The molecule has 0 aromatic rings. The lowest BCUT2D eigenvalue weighted by molar-refractivity contribution is 0.528. The maximum Gasteiger partial charge on any atom is -0.00489 e. The summed E-state index contributed by atoms with van der Waals surface area (Å²) in [7, 11) is 0. The van der Waals surface area contributed by atoms with Crippen LogP contribution in [0.2, 0.25) is 0 Å². The molecule has 0 rings (SSSR count). The van der Waals surface area contributed by atoms with Crippen molar-refractivity contribution in [1.82, 2.24) is 10.6 Å². The standard InChI is InChI=1S/C23H50N2.2BrH/c1-3-5-7-12-16-20-24-22-18-14-10-9-11-15-19-23-25-21-17-13-8-6-4-2;;/h24-25H,3-23H2,1-2H3;2*1H. The van der Waals surface area contributed by atoms with E-state index < -0.39 is 0 Å². The van der Waals surface area contributed by atoms with E-state index in [1.54, 1.807) is 0 Å². The van der Waals surface area contributed by atoms with Crippen LogP contribution in [0.3, 0.4) is 0 Å². The van der Waals surface area contributed by atoms with E-state index >= 15 is 0 Å². The number of nitrogens with one attached hydrogen (secondary N) is 2. The fourth-order valence-electron chi connectivity index (χ4n) is 3.34. The number of halogens is 2. The highest BCUT2D eigenvalue weighted by molar-refractivity contribution is 8.93. The molecule has 0 aromatic heterocycles. The molecule has 0 aliphatic heterocycles. The van der Waals surface area contributed by atoms with E-state index in [1.807, 2.05) is 0 Å². The van der Waals surface area contributed by atoms with Gasteiger partial charge in [0.2, 0.25) is 0 Å². The molecule has 27 heavy (non-hydrogen) atoms. The fraction of sp³-hybridized carbons (Fsp3) is 1.00. The summed E-state index contributed by atoms with van der Waals surface area (Å²) in [5, 5.41) is 7.20. The minimum absolute atomic E-state index is 0. The SMILES string of the molecule is Br.Br.CCCCCCCNCCCCCCCCCNCCCCCCC. The van der Waals surface area contributed by atoms with Crippen LogP contribution in [0.5, 0.6) is 0 Å². The molecular formula is C23H52Br2N2. The van der Waals surface area contributed by atoms with E-state index in [0.717, 1.165) is 0 Å². The lowest BCUT2D eigenvalue weighted by Crippen LogP contribution is -2.16. The summed E-state index contributed by atoms with van der Waals surface area (Å²) in [6.45, 7) is 9.49. The molecule has 0 atom stereocenters. The molecule has 0 amide bonds. The summed E-state index contributed by atoms with van der Waals surface area (Å²) in [4.78, 5) is 0. The van der Waals surface area contributed by atoms with Gasteiger partial charge in [0.1, 0.15) is 0 Å². The third-order valence-electron chi connectivity index (χ3n) is 5.12. The second-order valence-electron chi connectivity index (χ2n) is 7.80. The maximum absolute atomic E-state index is 3.60. The van der Waals surface area contributed by atoms with Crippen LogP contribution < -0.4 is 10.6 Å². The summed E-state index contributed by atoms with van der Waals surface area (Å²) in [5.41, 5.74) is 0. The van der Waals surface area contributed by atoms with Crippen LogP contribution in [0.15, 0.2) is 0 Å². The molecule has 0 saturated heterocycles. The highest BCUT2D eigenvalue weighted by atomic mass is 79.9. The zero-order valence-corrected chi connectivity index (χ0v) is 22.1. The van der Waals surface area contributed by atoms with Crippen molar-refractivity contribution in [2.45, 2.75) is 123 Å². The molecule has 0 aliphatic rings. The minimum atomic E-state index is 0. The summed E-state index contributed by atoms with van der Waals surface area (Å²) in [6, 6.07) is 0. The largest absolute Gasteiger partial charge is 0.317 e. The number of unbranched alkanes of at least 4 members (excludes halogenated alkanes) is 14. The van der Waals surface area contributed by atoms with Crippen molar-refractivity contribution in [2.75, 3.05) is 26.2 Å². The summed E-state index contributed by atoms with van der Waals surface area (Å²) >= 11 is 0. The van der Waals surface area contributed by atoms with Crippen LogP contribution >= 0.6 is 34.0 Å². The molecule has 4 heteroatoms. The van der Waals surface area contributed by atoms with Crippen LogP contribution in [0, 0.1) is 0 Å².